The largest absolute Gasteiger partial charge is 0.391 e. The second-order valence-electron chi connectivity index (χ2n) is 8.84. The molecule has 0 bridgehead atoms. The van der Waals surface area contributed by atoms with Gasteiger partial charge < -0.3 is 15.0 Å². The van der Waals surface area contributed by atoms with Crippen molar-refractivity contribution in [2.24, 2.45) is 7.05 Å². The molecule has 4 aromatic rings. The summed E-state index contributed by atoms with van der Waals surface area (Å²) < 4.78 is 18.5. The number of carbonyl (C=O) groups is 1. The number of hydrogen-bond acceptors (Lipinski definition) is 3. The smallest absolute Gasteiger partial charge is 0.253 e. The van der Waals surface area contributed by atoms with Gasteiger partial charge in [0.05, 0.1) is 29.4 Å². The third kappa shape index (κ3) is 4.28. The normalized spacial score (nSPS) is 18.5. The van der Waals surface area contributed by atoms with Crippen molar-refractivity contribution in [2.75, 3.05) is 0 Å². The van der Waals surface area contributed by atoms with Crippen molar-refractivity contribution < 1.29 is 14.3 Å². The van der Waals surface area contributed by atoms with Crippen molar-refractivity contribution in [1.29, 1.82) is 0 Å². The maximum Gasteiger partial charge on any atom is 0.253 e. The average molecular weight is 447 g/mol. The number of amides is 1. The van der Waals surface area contributed by atoms with E-state index in [1.807, 2.05) is 54.3 Å². The van der Waals surface area contributed by atoms with Gasteiger partial charge >= 0.3 is 0 Å². The summed E-state index contributed by atoms with van der Waals surface area (Å²) in [6.07, 6.45) is 8.28. The fourth-order valence-corrected chi connectivity index (χ4v) is 4.71. The number of fused-ring (bicyclic) bond motifs is 1. The van der Waals surface area contributed by atoms with Crippen LogP contribution in [0.5, 0.6) is 0 Å². The number of aromatic nitrogens is 3. The van der Waals surface area contributed by atoms with E-state index in [0.29, 0.717) is 29.4 Å². The summed E-state index contributed by atoms with van der Waals surface area (Å²) in [5.74, 6) is -0.769. The fraction of sp³-hybridized carbons (Fsp3) is 0.308. The van der Waals surface area contributed by atoms with Gasteiger partial charge in [0.2, 0.25) is 0 Å². The van der Waals surface area contributed by atoms with Crippen LogP contribution in [0.2, 0.25) is 0 Å². The topological polar surface area (TPSA) is 72.1 Å². The highest BCUT2D eigenvalue weighted by molar-refractivity contribution is 6.07. The van der Waals surface area contributed by atoms with Gasteiger partial charge in [-0.25, -0.2) is 4.39 Å². The molecule has 2 aromatic heterocycles. The van der Waals surface area contributed by atoms with Gasteiger partial charge in [-0.3, -0.25) is 9.48 Å². The molecule has 2 N–H and O–H groups in total. The monoisotopic (exact) mass is 446 g/mol. The van der Waals surface area contributed by atoms with Crippen molar-refractivity contribution in [3.63, 3.8) is 0 Å². The van der Waals surface area contributed by atoms with Crippen LogP contribution in [0.1, 0.15) is 41.6 Å². The Bertz CT molecular complexity index is 1290. The summed E-state index contributed by atoms with van der Waals surface area (Å²) >= 11 is 0. The van der Waals surface area contributed by atoms with E-state index in [4.69, 9.17) is 0 Å². The van der Waals surface area contributed by atoms with Gasteiger partial charge in [-0.05, 0) is 36.1 Å². The highest BCUT2D eigenvalue weighted by Gasteiger charge is 2.27. The van der Waals surface area contributed by atoms with Crippen molar-refractivity contribution in [2.45, 2.75) is 44.4 Å². The first-order chi connectivity index (χ1) is 16.0. The predicted molar refractivity (Wildman–Crippen MR) is 125 cm³/mol. The second kappa shape index (κ2) is 8.83. The summed E-state index contributed by atoms with van der Waals surface area (Å²) in [7, 11) is 1.89. The van der Waals surface area contributed by atoms with Crippen LogP contribution < -0.4 is 5.32 Å². The molecule has 1 aliphatic rings. The molecule has 1 saturated carbocycles. The highest BCUT2D eigenvalue weighted by Crippen LogP contribution is 2.27. The Labute approximate surface area is 191 Å². The molecule has 0 spiro atoms. The molecule has 2 atom stereocenters. The Balaban J connectivity index is 1.43. The minimum Gasteiger partial charge on any atom is -0.391 e. The van der Waals surface area contributed by atoms with Crippen LogP contribution in [0.3, 0.4) is 0 Å². The molecule has 1 amide bonds. The molecule has 0 radical (unpaired) electrons. The average Bonchev–Trinajstić information content (AvgIpc) is 3.41. The third-order valence-electron chi connectivity index (χ3n) is 6.49. The third-order valence-corrected chi connectivity index (χ3v) is 6.49. The van der Waals surface area contributed by atoms with Crippen LogP contribution in [-0.4, -0.2) is 37.5 Å². The standard InChI is InChI=1S/C26H27FN4O2/c1-30-15-19(13-28-30)18-11-9-17(10-12-18)14-31-16-20(25-21(27)5-4-7-23(25)31)26(33)29-22-6-2-3-8-24(22)32/h4-5,7,9-13,15-16,22,24,32H,2-3,6,8,14H2,1H3,(H,29,33)/t22-,24-/m0/s1. The Morgan fingerprint density at radius 1 is 1.12 bits per heavy atom. The van der Waals surface area contributed by atoms with Gasteiger partial charge in [-0.2, -0.15) is 5.10 Å². The molecule has 1 fully saturated rings. The number of nitrogens with zero attached hydrogens (tertiary/aromatic N) is 3. The quantitative estimate of drug-likeness (QED) is 0.481. The first-order valence-electron chi connectivity index (χ1n) is 11.3. The maximum atomic E-state index is 14.8. The maximum absolute atomic E-state index is 14.8. The summed E-state index contributed by atoms with van der Waals surface area (Å²) in [4.78, 5) is 13.1. The van der Waals surface area contributed by atoms with Crippen LogP contribution in [0.4, 0.5) is 4.39 Å². The van der Waals surface area contributed by atoms with Crippen molar-refractivity contribution in [3.05, 3.63) is 78.0 Å². The van der Waals surface area contributed by atoms with E-state index in [9.17, 15) is 14.3 Å². The van der Waals surface area contributed by atoms with Crippen molar-refractivity contribution in [1.82, 2.24) is 19.7 Å². The zero-order chi connectivity index (χ0) is 22.9. The van der Waals surface area contributed by atoms with Crippen LogP contribution in [0.25, 0.3) is 22.0 Å². The van der Waals surface area contributed by atoms with Crippen LogP contribution in [-0.2, 0) is 13.6 Å². The first-order valence-corrected chi connectivity index (χ1v) is 11.3. The number of hydrogen-bond donors (Lipinski definition) is 2. The van der Waals surface area contributed by atoms with Crippen LogP contribution >= 0.6 is 0 Å². The van der Waals surface area contributed by atoms with Crippen molar-refractivity contribution in [3.8, 4) is 11.1 Å². The Kier molecular flexibility index (Phi) is 5.72. The number of benzene rings is 2. The summed E-state index contributed by atoms with van der Waals surface area (Å²) in [5.41, 5.74) is 4.12. The molecule has 6 nitrogen and oxygen atoms in total. The number of halogens is 1. The molecular weight excluding hydrogens is 419 g/mol. The minimum absolute atomic E-state index is 0.295. The number of aryl methyl sites for hydroxylation is 1. The highest BCUT2D eigenvalue weighted by atomic mass is 19.1. The first kappa shape index (κ1) is 21.4. The number of nitrogens with one attached hydrogen (secondary N) is 1. The molecule has 2 aromatic carbocycles. The van der Waals surface area contributed by atoms with E-state index in [1.54, 1.807) is 16.9 Å². The fourth-order valence-electron chi connectivity index (χ4n) is 4.71. The van der Waals surface area contributed by atoms with Crippen LogP contribution in [0, 0.1) is 5.82 Å². The van der Waals surface area contributed by atoms with Gasteiger partial charge in [0.15, 0.2) is 0 Å². The van der Waals surface area contributed by atoms with E-state index >= 15 is 0 Å². The lowest BCUT2D eigenvalue weighted by molar-refractivity contribution is 0.0718. The minimum atomic E-state index is -0.556. The number of carbonyl (C=O) groups excluding carboxylic acids is 1. The zero-order valence-electron chi connectivity index (χ0n) is 18.5. The molecule has 5 rings (SSSR count). The Morgan fingerprint density at radius 2 is 1.91 bits per heavy atom. The lowest BCUT2D eigenvalue weighted by Gasteiger charge is -2.28. The summed E-state index contributed by atoms with van der Waals surface area (Å²) in [6.45, 7) is 0.507. The SMILES string of the molecule is Cn1cc(-c2ccc(Cn3cc(C(=O)N[C@H]4CCCC[C@@H]4O)c4c(F)cccc43)cc2)cn1. The molecule has 1 aliphatic carbocycles. The lowest BCUT2D eigenvalue weighted by atomic mass is 9.92. The molecule has 7 heteroatoms. The second-order valence-corrected chi connectivity index (χ2v) is 8.84. The van der Waals surface area contributed by atoms with Crippen molar-refractivity contribution >= 4 is 16.8 Å². The lowest BCUT2D eigenvalue weighted by Crippen LogP contribution is -2.45. The number of aliphatic hydroxyl groups is 1. The molecule has 0 unspecified atom stereocenters. The van der Waals surface area contributed by atoms with E-state index in [2.05, 4.69) is 10.4 Å². The Morgan fingerprint density at radius 3 is 2.64 bits per heavy atom. The van der Waals surface area contributed by atoms with E-state index in [1.165, 1.54) is 6.07 Å². The molecular formula is C26H27FN4O2. The van der Waals surface area contributed by atoms with Crippen LogP contribution in [0.15, 0.2) is 61.1 Å². The summed E-state index contributed by atoms with van der Waals surface area (Å²) in [5, 5.41) is 17.7. The summed E-state index contributed by atoms with van der Waals surface area (Å²) in [6, 6.07) is 12.7. The predicted octanol–water partition coefficient (Wildman–Crippen LogP) is 4.26. The molecule has 0 aliphatic heterocycles. The van der Waals surface area contributed by atoms with E-state index in [0.717, 1.165) is 36.0 Å². The zero-order valence-corrected chi connectivity index (χ0v) is 18.5. The van der Waals surface area contributed by atoms with E-state index in [-0.39, 0.29) is 11.9 Å². The molecule has 2 heterocycles. The van der Waals surface area contributed by atoms with Gasteiger partial charge in [0, 0.05) is 36.9 Å². The molecule has 0 saturated heterocycles. The molecule has 33 heavy (non-hydrogen) atoms. The van der Waals surface area contributed by atoms with Gasteiger partial charge in [0.25, 0.3) is 5.91 Å². The number of aliphatic hydroxyl groups excluding tert-OH is 1. The number of rotatable bonds is 5. The van der Waals surface area contributed by atoms with Gasteiger partial charge in [-0.1, -0.05) is 43.2 Å². The van der Waals surface area contributed by atoms with E-state index < -0.39 is 11.9 Å². The van der Waals surface area contributed by atoms with Gasteiger partial charge in [0.1, 0.15) is 5.82 Å². The Hall–Kier alpha value is -3.45. The van der Waals surface area contributed by atoms with Gasteiger partial charge in [-0.15, -0.1) is 0 Å². The molecule has 170 valence electrons.